The van der Waals surface area contributed by atoms with Crippen LogP contribution in [0.4, 0.5) is 0 Å². The van der Waals surface area contributed by atoms with Crippen LogP contribution in [0.5, 0.6) is 5.75 Å². The van der Waals surface area contributed by atoms with Gasteiger partial charge >= 0.3 is 0 Å². The van der Waals surface area contributed by atoms with Crippen LogP contribution in [0.1, 0.15) is 30.4 Å². The summed E-state index contributed by atoms with van der Waals surface area (Å²) >= 11 is 0. The van der Waals surface area contributed by atoms with Crippen LogP contribution in [-0.4, -0.2) is 29.4 Å². The third kappa shape index (κ3) is 4.11. The molecule has 120 valence electrons. The molecule has 0 spiro atoms. The molecule has 0 saturated carbocycles. The molecule has 1 heterocycles. The number of rotatable bonds is 4. The summed E-state index contributed by atoms with van der Waals surface area (Å²) in [6.45, 7) is 4.05. The Kier molecular flexibility index (Phi) is 5.30. The third-order valence-corrected chi connectivity index (χ3v) is 5.56. The van der Waals surface area contributed by atoms with Crippen LogP contribution >= 0.6 is 8.58 Å². The summed E-state index contributed by atoms with van der Waals surface area (Å²) in [5, 5.41) is 19.3. The molecule has 2 aromatic rings. The highest BCUT2D eigenvalue weighted by atomic mass is 31.1. The fraction of sp³-hybridized carbons (Fsp3) is 0.316. The van der Waals surface area contributed by atoms with E-state index in [-0.39, 0.29) is 0 Å². The van der Waals surface area contributed by atoms with Gasteiger partial charge in [-0.15, -0.1) is 0 Å². The van der Waals surface area contributed by atoms with Gasteiger partial charge in [0.2, 0.25) is 0 Å². The molecule has 1 unspecified atom stereocenters. The van der Waals surface area contributed by atoms with E-state index in [0.29, 0.717) is 14.3 Å². The smallest absolute Gasteiger partial charge is 0.126 e. The van der Waals surface area contributed by atoms with Gasteiger partial charge in [0.15, 0.2) is 0 Å². The summed E-state index contributed by atoms with van der Waals surface area (Å²) in [6.07, 6.45) is 5.76. The number of phenols is 1. The first kappa shape index (κ1) is 16.0. The van der Waals surface area contributed by atoms with Gasteiger partial charge in [0.05, 0.1) is 6.21 Å². The predicted molar refractivity (Wildman–Crippen MR) is 99.9 cm³/mol. The molecule has 0 radical (unpaired) electrons. The molecule has 1 fully saturated rings. The first-order valence-electron chi connectivity index (χ1n) is 8.17. The van der Waals surface area contributed by atoms with Gasteiger partial charge in [-0.3, -0.25) is 5.01 Å². The van der Waals surface area contributed by atoms with Crippen molar-refractivity contribution >= 4 is 25.4 Å². The zero-order valence-electron chi connectivity index (χ0n) is 13.5. The van der Waals surface area contributed by atoms with E-state index in [1.807, 2.05) is 43.5 Å². The van der Waals surface area contributed by atoms with Crippen LogP contribution in [0, 0.1) is 6.92 Å². The van der Waals surface area contributed by atoms with E-state index < -0.39 is 0 Å². The SMILES string of the molecule is Cc1cccc(Pc2ccccc2C=NN2CCCCC2)c1O. The van der Waals surface area contributed by atoms with Gasteiger partial charge in [0, 0.05) is 24.0 Å². The van der Waals surface area contributed by atoms with Crippen molar-refractivity contribution in [3.05, 3.63) is 53.6 Å². The zero-order valence-corrected chi connectivity index (χ0v) is 14.5. The number of aryl methyl sites for hydroxylation is 1. The molecule has 0 bridgehead atoms. The molecular formula is C19H23N2OP. The Bertz CT molecular complexity index is 694. The van der Waals surface area contributed by atoms with Crippen LogP contribution in [0.3, 0.4) is 0 Å². The molecule has 1 aliphatic heterocycles. The molecular weight excluding hydrogens is 303 g/mol. The summed E-state index contributed by atoms with van der Waals surface area (Å²) in [5.41, 5.74) is 2.06. The van der Waals surface area contributed by atoms with E-state index in [2.05, 4.69) is 22.2 Å². The summed E-state index contributed by atoms with van der Waals surface area (Å²) in [6, 6.07) is 14.3. The maximum Gasteiger partial charge on any atom is 0.126 e. The lowest BCUT2D eigenvalue weighted by atomic mass is 10.2. The number of hydrazone groups is 1. The van der Waals surface area contributed by atoms with E-state index in [0.717, 1.165) is 29.5 Å². The molecule has 0 aromatic heterocycles. The monoisotopic (exact) mass is 326 g/mol. The molecule has 1 N–H and O–H groups in total. The van der Waals surface area contributed by atoms with Crippen LogP contribution in [0.15, 0.2) is 47.6 Å². The van der Waals surface area contributed by atoms with E-state index in [4.69, 9.17) is 0 Å². The molecule has 1 saturated heterocycles. The van der Waals surface area contributed by atoms with Gasteiger partial charge in [-0.05, 0) is 37.1 Å². The minimum absolute atomic E-state index is 0.411. The number of phenolic OH excluding ortho intramolecular Hbond substituents is 1. The van der Waals surface area contributed by atoms with Crippen molar-refractivity contribution in [1.29, 1.82) is 0 Å². The fourth-order valence-corrected chi connectivity index (χ4v) is 4.02. The van der Waals surface area contributed by atoms with E-state index in [9.17, 15) is 5.11 Å². The summed E-state index contributed by atoms with van der Waals surface area (Å²) in [5.74, 6) is 0.411. The van der Waals surface area contributed by atoms with Crippen molar-refractivity contribution in [3.63, 3.8) is 0 Å². The second kappa shape index (κ2) is 7.61. The number of hydrogen-bond acceptors (Lipinski definition) is 3. The van der Waals surface area contributed by atoms with Gasteiger partial charge in [0.25, 0.3) is 0 Å². The molecule has 0 aliphatic carbocycles. The average molecular weight is 326 g/mol. The molecule has 2 aromatic carbocycles. The van der Waals surface area contributed by atoms with E-state index >= 15 is 0 Å². The minimum atomic E-state index is 0.411. The highest BCUT2D eigenvalue weighted by molar-refractivity contribution is 7.56. The highest BCUT2D eigenvalue weighted by Crippen LogP contribution is 2.22. The highest BCUT2D eigenvalue weighted by Gasteiger charge is 2.09. The summed E-state index contributed by atoms with van der Waals surface area (Å²) in [7, 11) is 0.430. The van der Waals surface area contributed by atoms with E-state index in [1.165, 1.54) is 24.6 Å². The number of aromatic hydroxyl groups is 1. The molecule has 1 atom stereocenters. The Morgan fingerprint density at radius 3 is 2.57 bits per heavy atom. The quantitative estimate of drug-likeness (QED) is 0.692. The van der Waals surface area contributed by atoms with Crippen LogP contribution in [0.25, 0.3) is 0 Å². The third-order valence-electron chi connectivity index (χ3n) is 4.16. The van der Waals surface area contributed by atoms with Crippen molar-refractivity contribution in [3.8, 4) is 5.75 Å². The molecule has 1 aliphatic rings. The molecule has 4 heteroatoms. The largest absolute Gasteiger partial charge is 0.507 e. The maximum atomic E-state index is 10.2. The van der Waals surface area contributed by atoms with Gasteiger partial charge < -0.3 is 5.11 Å². The first-order valence-corrected chi connectivity index (χ1v) is 9.17. The zero-order chi connectivity index (χ0) is 16.1. The number of para-hydroxylation sites is 1. The minimum Gasteiger partial charge on any atom is -0.507 e. The summed E-state index contributed by atoms with van der Waals surface area (Å²) in [4.78, 5) is 0. The first-order chi connectivity index (χ1) is 11.2. The number of nitrogens with zero attached hydrogens (tertiary/aromatic N) is 2. The molecule has 23 heavy (non-hydrogen) atoms. The Labute approximate surface area is 139 Å². The van der Waals surface area contributed by atoms with Gasteiger partial charge in [0.1, 0.15) is 5.75 Å². The predicted octanol–water partition coefficient (Wildman–Crippen LogP) is 3.15. The van der Waals surface area contributed by atoms with Crippen LogP contribution < -0.4 is 10.6 Å². The van der Waals surface area contributed by atoms with Crippen molar-refractivity contribution in [2.45, 2.75) is 26.2 Å². The van der Waals surface area contributed by atoms with Crippen molar-refractivity contribution in [2.75, 3.05) is 13.1 Å². The normalized spacial score (nSPS) is 15.8. The van der Waals surface area contributed by atoms with E-state index in [1.54, 1.807) is 0 Å². The average Bonchev–Trinajstić information content (AvgIpc) is 2.59. The molecule has 3 nitrogen and oxygen atoms in total. The van der Waals surface area contributed by atoms with Gasteiger partial charge in [-0.2, -0.15) is 5.10 Å². The molecule has 0 amide bonds. The number of piperidine rings is 1. The Hall–Kier alpha value is -1.86. The Balaban J connectivity index is 1.80. The lowest BCUT2D eigenvalue weighted by molar-refractivity contribution is 0.240. The topological polar surface area (TPSA) is 35.8 Å². The fourth-order valence-electron chi connectivity index (χ4n) is 2.76. The second-order valence-electron chi connectivity index (χ2n) is 5.94. The lowest BCUT2D eigenvalue weighted by Gasteiger charge is -2.23. The number of benzene rings is 2. The Morgan fingerprint density at radius 1 is 1.00 bits per heavy atom. The standard InChI is InChI=1S/C19H23N2OP/c1-15-8-7-11-18(19(15)22)23-17-10-4-3-9-16(17)14-20-21-12-5-2-6-13-21/h3-4,7-11,14,22-23H,2,5-6,12-13H2,1H3. The van der Waals surface area contributed by atoms with Crippen molar-refractivity contribution in [1.82, 2.24) is 5.01 Å². The van der Waals surface area contributed by atoms with Crippen molar-refractivity contribution < 1.29 is 5.11 Å². The Morgan fingerprint density at radius 2 is 1.74 bits per heavy atom. The summed E-state index contributed by atoms with van der Waals surface area (Å²) < 4.78 is 0. The van der Waals surface area contributed by atoms with Gasteiger partial charge in [-0.25, -0.2) is 0 Å². The number of hydrogen-bond donors (Lipinski definition) is 1. The van der Waals surface area contributed by atoms with Crippen LogP contribution in [0.2, 0.25) is 0 Å². The maximum absolute atomic E-state index is 10.2. The lowest BCUT2D eigenvalue weighted by Crippen LogP contribution is -2.24. The van der Waals surface area contributed by atoms with Gasteiger partial charge in [-0.1, -0.05) is 51.0 Å². The van der Waals surface area contributed by atoms with Crippen molar-refractivity contribution in [2.24, 2.45) is 5.10 Å². The molecule has 3 rings (SSSR count). The second-order valence-corrected chi connectivity index (χ2v) is 7.27. The van der Waals surface area contributed by atoms with Crippen LogP contribution in [-0.2, 0) is 0 Å².